The number of hydrogen-bond acceptors (Lipinski definition) is 1. The Bertz CT molecular complexity index is 212. The molecule has 1 aliphatic carbocycles. The van der Waals surface area contributed by atoms with Crippen LogP contribution in [-0.2, 0) is 0 Å². The minimum absolute atomic E-state index is 0.00169. The SMILES string of the molecule is CC(C)(C)CNC(=O)NC1CCCCCC1. The highest BCUT2D eigenvalue weighted by Crippen LogP contribution is 2.17. The van der Waals surface area contributed by atoms with Gasteiger partial charge in [-0.25, -0.2) is 4.79 Å². The van der Waals surface area contributed by atoms with Gasteiger partial charge in [0.05, 0.1) is 0 Å². The van der Waals surface area contributed by atoms with Crippen molar-refractivity contribution in [1.29, 1.82) is 0 Å². The number of hydrogen-bond donors (Lipinski definition) is 2. The van der Waals surface area contributed by atoms with E-state index in [-0.39, 0.29) is 11.4 Å². The maximum atomic E-state index is 11.6. The molecule has 0 spiro atoms. The zero-order chi connectivity index (χ0) is 12.0. The first kappa shape index (κ1) is 13.3. The van der Waals surface area contributed by atoms with Gasteiger partial charge in [0.15, 0.2) is 0 Å². The first-order valence-corrected chi connectivity index (χ1v) is 6.52. The third kappa shape index (κ3) is 5.99. The van der Waals surface area contributed by atoms with Gasteiger partial charge in [-0.15, -0.1) is 0 Å². The second-order valence-electron chi connectivity index (χ2n) is 6.08. The van der Waals surface area contributed by atoms with Crippen LogP contribution < -0.4 is 10.6 Å². The smallest absolute Gasteiger partial charge is 0.315 e. The third-order valence-electron chi connectivity index (χ3n) is 2.97. The van der Waals surface area contributed by atoms with Crippen LogP contribution in [0.15, 0.2) is 0 Å². The van der Waals surface area contributed by atoms with Gasteiger partial charge in [0, 0.05) is 12.6 Å². The molecule has 94 valence electrons. The van der Waals surface area contributed by atoms with Crippen molar-refractivity contribution in [2.45, 2.75) is 65.3 Å². The molecule has 0 atom stereocenters. The third-order valence-corrected chi connectivity index (χ3v) is 2.97. The number of rotatable bonds is 2. The minimum atomic E-state index is 0.00169. The molecule has 3 heteroatoms. The van der Waals surface area contributed by atoms with Gasteiger partial charge in [0.25, 0.3) is 0 Å². The minimum Gasteiger partial charge on any atom is -0.338 e. The molecule has 3 nitrogen and oxygen atoms in total. The summed E-state index contributed by atoms with van der Waals surface area (Å²) < 4.78 is 0. The molecule has 0 aromatic carbocycles. The van der Waals surface area contributed by atoms with Crippen LogP contribution in [0.2, 0.25) is 0 Å². The van der Waals surface area contributed by atoms with E-state index in [1.54, 1.807) is 0 Å². The van der Waals surface area contributed by atoms with Crippen LogP contribution in [0.1, 0.15) is 59.3 Å². The molecular formula is C13H26N2O. The fourth-order valence-corrected chi connectivity index (χ4v) is 2.01. The van der Waals surface area contributed by atoms with Gasteiger partial charge < -0.3 is 10.6 Å². The van der Waals surface area contributed by atoms with E-state index < -0.39 is 0 Å². The van der Waals surface area contributed by atoms with Crippen molar-refractivity contribution in [1.82, 2.24) is 10.6 Å². The van der Waals surface area contributed by atoms with Gasteiger partial charge in [-0.2, -0.15) is 0 Å². The number of nitrogens with one attached hydrogen (secondary N) is 2. The van der Waals surface area contributed by atoms with E-state index in [1.807, 2.05) is 0 Å². The van der Waals surface area contributed by atoms with Gasteiger partial charge >= 0.3 is 6.03 Å². The molecule has 1 rings (SSSR count). The van der Waals surface area contributed by atoms with Crippen molar-refractivity contribution in [3.8, 4) is 0 Å². The topological polar surface area (TPSA) is 41.1 Å². The monoisotopic (exact) mass is 226 g/mol. The molecule has 0 heterocycles. The van der Waals surface area contributed by atoms with Crippen LogP contribution in [0.3, 0.4) is 0 Å². The van der Waals surface area contributed by atoms with E-state index in [2.05, 4.69) is 31.4 Å². The van der Waals surface area contributed by atoms with E-state index in [0.29, 0.717) is 6.04 Å². The molecule has 0 aliphatic heterocycles. The summed E-state index contributed by atoms with van der Waals surface area (Å²) in [4.78, 5) is 11.6. The predicted molar refractivity (Wildman–Crippen MR) is 67.5 cm³/mol. The largest absolute Gasteiger partial charge is 0.338 e. The van der Waals surface area contributed by atoms with Gasteiger partial charge in [0.1, 0.15) is 0 Å². The Balaban J connectivity index is 2.22. The lowest BCUT2D eigenvalue weighted by Crippen LogP contribution is -2.44. The summed E-state index contributed by atoms with van der Waals surface area (Å²) in [6, 6.07) is 0.393. The highest BCUT2D eigenvalue weighted by molar-refractivity contribution is 5.74. The Morgan fingerprint density at radius 1 is 1.12 bits per heavy atom. The fraction of sp³-hybridized carbons (Fsp3) is 0.923. The van der Waals surface area contributed by atoms with E-state index in [9.17, 15) is 4.79 Å². The Kier molecular flexibility index (Phi) is 5.10. The van der Waals surface area contributed by atoms with Crippen molar-refractivity contribution in [2.24, 2.45) is 5.41 Å². The summed E-state index contributed by atoms with van der Waals surface area (Å²) in [6.45, 7) is 7.10. The van der Waals surface area contributed by atoms with Crippen LogP contribution >= 0.6 is 0 Å². The molecule has 1 fully saturated rings. The van der Waals surface area contributed by atoms with Crippen molar-refractivity contribution in [2.75, 3.05) is 6.54 Å². The number of carbonyl (C=O) groups excluding carboxylic acids is 1. The zero-order valence-electron chi connectivity index (χ0n) is 10.9. The molecular weight excluding hydrogens is 200 g/mol. The summed E-state index contributed by atoms with van der Waals surface area (Å²) >= 11 is 0. The first-order chi connectivity index (χ1) is 7.47. The molecule has 1 aliphatic rings. The average Bonchev–Trinajstić information content (AvgIpc) is 2.42. The van der Waals surface area contributed by atoms with E-state index in [4.69, 9.17) is 0 Å². The summed E-state index contributed by atoms with van der Waals surface area (Å²) in [6.07, 6.45) is 7.43. The van der Waals surface area contributed by atoms with E-state index in [1.165, 1.54) is 25.7 Å². The predicted octanol–water partition coefficient (Wildman–Crippen LogP) is 3.05. The molecule has 0 radical (unpaired) electrons. The Labute approximate surface area is 99.4 Å². The molecule has 0 aromatic rings. The highest BCUT2D eigenvalue weighted by atomic mass is 16.2. The van der Waals surface area contributed by atoms with Crippen LogP contribution in [0.4, 0.5) is 4.79 Å². The molecule has 16 heavy (non-hydrogen) atoms. The van der Waals surface area contributed by atoms with E-state index >= 15 is 0 Å². The number of amides is 2. The Morgan fingerprint density at radius 3 is 2.19 bits per heavy atom. The Morgan fingerprint density at radius 2 is 1.69 bits per heavy atom. The first-order valence-electron chi connectivity index (χ1n) is 6.52. The van der Waals surface area contributed by atoms with Crippen molar-refractivity contribution in [3.05, 3.63) is 0 Å². The van der Waals surface area contributed by atoms with Crippen LogP contribution in [0.25, 0.3) is 0 Å². The molecule has 0 saturated heterocycles. The number of carbonyl (C=O) groups is 1. The zero-order valence-corrected chi connectivity index (χ0v) is 10.9. The quantitative estimate of drug-likeness (QED) is 0.698. The highest BCUT2D eigenvalue weighted by Gasteiger charge is 2.16. The lowest BCUT2D eigenvalue weighted by molar-refractivity contribution is 0.230. The fourth-order valence-electron chi connectivity index (χ4n) is 2.01. The van der Waals surface area contributed by atoms with Crippen LogP contribution in [0.5, 0.6) is 0 Å². The average molecular weight is 226 g/mol. The molecule has 2 N–H and O–H groups in total. The lowest BCUT2D eigenvalue weighted by Gasteiger charge is -2.21. The normalized spacial score (nSPS) is 18.9. The van der Waals surface area contributed by atoms with Crippen molar-refractivity contribution < 1.29 is 4.79 Å². The maximum Gasteiger partial charge on any atom is 0.315 e. The summed E-state index contributed by atoms with van der Waals surface area (Å²) in [5.74, 6) is 0. The van der Waals surface area contributed by atoms with Crippen molar-refractivity contribution >= 4 is 6.03 Å². The lowest BCUT2D eigenvalue weighted by atomic mass is 9.97. The molecule has 0 aromatic heterocycles. The van der Waals surface area contributed by atoms with Gasteiger partial charge in [-0.1, -0.05) is 46.5 Å². The summed E-state index contributed by atoms with van der Waals surface area (Å²) in [7, 11) is 0. The van der Waals surface area contributed by atoms with Crippen LogP contribution in [0, 0.1) is 5.41 Å². The second-order valence-corrected chi connectivity index (χ2v) is 6.08. The van der Waals surface area contributed by atoms with Gasteiger partial charge in [0.2, 0.25) is 0 Å². The van der Waals surface area contributed by atoms with Gasteiger partial charge in [-0.3, -0.25) is 0 Å². The molecule has 0 unspecified atom stereocenters. The molecule has 1 saturated carbocycles. The maximum absolute atomic E-state index is 11.6. The van der Waals surface area contributed by atoms with Gasteiger partial charge in [-0.05, 0) is 18.3 Å². The van der Waals surface area contributed by atoms with Crippen LogP contribution in [-0.4, -0.2) is 18.6 Å². The molecule has 0 bridgehead atoms. The van der Waals surface area contributed by atoms with E-state index in [0.717, 1.165) is 19.4 Å². The summed E-state index contributed by atoms with van der Waals surface area (Å²) in [5, 5.41) is 6.02. The van der Waals surface area contributed by atoms with Crippen molar-refractivity contribution in [3.63, 3.8) is 0 Å². The standard InChI is InChI=1S/C13H26N2O/c1-13(2,3)10-14-12(16)15-11-8-6-4-5-7-9-11/h11H,4-10H2,1-3H3,(H2,14,15,16). The summed E-state index contributed by atoms with van der Waals surface area (Å²) in [5.41, 5.74) is 0.154. The molecule has 2 amide bonds. The Hall–Kier alpha value is -0.730. The second kappa shape index (κ2) is 6.12. The number of urea groups is 1.